The molecule has 88 valence electrons. The zero-order chi connectivity index (χ0) is 11.6. The van der Waals surface area contributed by atoms with Crippen LogP contribution in [0.25, 0.3) is 0 Å². The van der Waals surface area contributed by atoms with Crippen LogP contribution in [0.15, 0.2) is 24.3 Å². The van der Waals surface area contributed by atoms with Crippen molar-refractivity contribution in [2.45, 2.75) is 38.6 Å². The lowest BCUT2D eigenvalue weighted by Crippen LogP contribution is -2.47. The number of hydrogen-bond donors (Lipinski definition) is 1. The summed E-state index contributed by atoms with van der Waals surface area (Å²) in [6.45, 7) is 6.50. The highest BCUT2D eigenvalue weighted by atomic mass is 15.2. The fourth-order valence-electron chi connectivity index (χ4n) is 2.65. The molecule has 0 amide bonds. The van der Waals surface area contributed by atoms with E-state index < -0.39 is 0 Å². The molecule has 0 bridgehead atoms. The second kappa shape index (κ2) is 4.46. The third kappa shape index (κ3) is 2.07. The lowest BCUT2D eigenvalue weighted by atomic mass is 9.92. The summed E-state index contributed by atoms with van der Waals surface area (Å²) in [7, 11) is 0. The van der Waals surface area contributed by atoms with Gasteiger partial charge in [-0.3, -0.25) is 0 Å². The first kappa shape index (κ1) is 11.5. The van der Waals surface area contributed by atoms with Gasteiger partial charge in [-0.25, -0.2) is 0 Å². The molecule has 0 radical (unpaired) electrons. The highest BCUT2D eigenvalue weighted by Crippen LogP contribution is 2.33. The molecule has 1 aliphatic heterocycles. The molecule has 0 fully saturated rings. The fraction of sp³-hybridized carbons (Fsp3) is 0.571. The zero-order valence-electron chi connectivity index (χ0n) is 10.4. The summed E-state index contributed by atoms with van der Waals surface area (Å²) in [5.74, 6) is 0. The number of benzene rings is 1. The Morgan fingerprint density at radius 1 is 1.31 bits per heavy atom. The number of fused-ring (bicyclic) bond motifs is 1. The molecule has 0 atom stereocenters. The number of nitrogens with two attached hydrogens (primary N) is 1. The Kier molecular flexibility index (Phi) is 3.20. The van der Waals surface area contributed by atoms with Gasteiger partial charge in [0, 0.05) is 17.8 Å². The van der Waals surface area contributed by atoms with Crippen molar-refractivity contribution in [3.63, 3.8) is 0 Å². The molecule has 2 rings (SSSR count). The molecular formula is C14H22N2. The van der Waals surface area contributed by atoms with Gasteiger partial charge in [-0.15, -0.1) is 0 Å². The molecule has 2 N–H and O–H groups in total. The Balaban J connectivity index is 2.31. The first-order valence-electron chi connectivity index (χ1n) is 6.21. The molecule has 2 heteroatoms. The molecule has 0 saturated carbocycles. The Hall–Kier alpha value is -1.02. The lowest BCUT2D eigenvalue weighted by molar-refractivity contribution is 0.420. The molecule has 1 aromatic rings. The number of rotatable bonds is 3. The maximum Gasteiger partial charge on any atom is 0.0403 e. The number of anilines is 1. The predicted molar refractivity (Wildman–Crippen MR) is 69.9 cm³/mol. The van der Waals surface area contributed by atoms with Gasteiger partial charge in [0.25, 0.3) is 0 Å². The maximum absolute atomic E-state index is 5.71. The number of para-hydroxylation sites is 1. The molecule has 1 aromatic carbocycles. The third-order valence-electron chi connectivity index (χ3n) is 3.60. The van der Waals surface area contributed by atoms with Crippen molar-refractivity contribution in [1.82, 2.24) is 0 Å². The van der Waals surface area contributed by atoms with Crippen LogP contribution in [-0.4, -0.2) is 18.6 Å². The van der Waals surface area contributed by atoms with Crippen molar-refractivity contribution in [3.05, 3.63) is 29.8 Å². The Morgan fingerprint density at radius 3 is 2.81 bits per heavy atom. The molecular weight excluding hydrogens is 196 g/mol. The SMILES string of the molecule is CC(C)(CCN)N1CCCc2ccccc21. The summed E-state index contributed by atoms with van der Waals surface area (Å²) in [5.41, 5.74) is 8.78. The highest BCUT2D eigenvalue weighted by Gasteiger charge is 2.29. The molecule has 0 saturated heterocycles. The van der Waals surface area contributed by atoms with Gasteiger partial charge < -0.3 is 10.6 Å². The summed E-state index contributed by atoms with van der Waals surface area (Å²) in [5, 5.41) is 0. The quantitative estimate of drug-likeness (QED) is 0.845. The minimum absolute atomic E-state index is 0.172. The molecule has 2 nitrogen and oxygen atoms in total. The van der Waals surface area contributed by atoms with Gasteiger partial charge in [-0.2, -0.15) is 0 Å². The van der Waals surface area contributed by atoms with Crippen molar-refractivity contribution in [2.24, 2.45) is 5.73 Å². The molecule has 0 aliphatic carbocycles. The normalized spacial score (nSPS) is 16.1. The summed E-state index contributed by atoms with van der Waals surface area (Å²) in [4.78, 5) is 2.53. The smallest absolute Gasteiger partial charge is 0.0403 e. The maximum atomic E-state index is 5.71. The van der Waals surface area contributed by atoms with Gasteiger partial charge in [0.2, 0.25) is 0 Å². The van der Waals surface area contributed by atoms with Crippen LogP contribution in [0.2, 0.25) is 0 Å². The molecule has 1 aliphatic rings. The van der Waals surface area contributed by atoms with Gasteiger partial charge in [-0.1, -0.05) is 18.2 Å². The number of nitrogens with zero attached hydrogens (tertiary/aromatic N) is 1. The number of hydrogen-bond acceptors (Lipinski definition) is 2. The van der Waals surface area contributed by atoms with E-state index in [0.717, 1.165) is 19.5 Å². The second-order valence-corrected chi connectivity index (χ2v) is 5.24. The molecule has 0 unspecified atom stereocenters. The van der Waals surface area contributed by atoms with Crippen LogP contribution in [0.5, 0.6) is 0 Å². The Labute approximate surface area is 98.4 Å². The van der Waals surface area contributed by atoms with Crippen molar-refractivity contribution in [2.75, 3.05) is 18.0 Å². The first-order valence-corrected chi connectivity index (χ1v) is 6.21. The minimum Gasteiger partial charge on any atom is -0.366 e. The average molecular weight is 218 g/mol. The summed E-state index contributed by atoms with van der Waals surface area (Å²) < 4.78 is 0. The van der Waals surface area contributed by atoms with Crippen molar-refractivity contribution in [3.8, 4) is 0 Å². The van der Waals surface area contributed by atoms with E-state index in [1.54, 1.807) is 0 Å². The van der Waals surface area contributed by atoms with E-state index in [1.807, 2.05) is 0 Å². The van der Waals surface area contributed by atoms with E-state index in [4.69, 9.17) is 5.73 Å². The summed E-state index contributed by atoms with van der Waals surface area (Å²) >= 11 is 0. The van der Waals surface area contributed by atoms with Crippen LogP contribution < -0.4 is 10.6 Å². The van der Waals surface area contributed by atoms with Gasteiger partial charge in [0.15, 0.2) is 0 Å². The number of aryl methyl sites for hydroxylation is 1. The van der Waals surface area contributed by atoms with Crippen LogP contribution >= 0.6 is 0 Å². The topological polar surface area (TPSA) is 29.3 Å². The Bertz CT molecular complexity index is 358. The minimum atomic E-state index is 0.172. The monoisotopic (exact) mass is 218 g/mol. The summed E-state index contributed by atoms with van der Waals surface area (Å²) in [6.07, 6.45) is 3.51. The van der Waals surface area contributed by atoms with E-state index in [9.17, 15) is 0 Å². The summed E-state index contributed by atoms with van der Waals surface area (Å²) in [6, 6.07) is 8.76. The average Bonchev–Trinajstić information content (AvgIpc) is 2.28. The van der Waals surface area contributed by atoms with E-state index in [-0.39, 0.29) is 5.54 Å². The van der Waals surface area contributed by atoms with Crippen molar-refractivity contribution in [1.29, 1.82) is 0 Å². The Morgan fingerprint density at radius 2 is 2.06 bits per heavy atom. The largest absolute Gasteiger partial charge is 0.366 e. The van der Waals surface area contributed by atoms with Crippen LogP contribution in [0.3, 0.4) is 0 Å². The van der Waals surface area contributed by atoms with Crippen molar-refractivity contribution >= 4 is 5.69 Å². The van der Waals surface area contributed by atoms with Crippen LogP contribution in [-0.2, 0) is 6.42 Å². The lowest BCUT2D eigenvalue weighted by Gasteiger charge is -2.44. The zero-order valence-corrected chi connectivity index (χ0v) is 10.4. The van der Waals surface area contributed by atoms with Gasteiger partial charge in [-0.05, 0) is 51.3 Å². The molecule has 0 spiro atoms. The van der Waals surface area contributed by atoms with Crippen LogP contribution in [0, 0.1) is 0 Å². The van der Waals surface area contributed by atoms with Gasteiger partial charge >= 0.3 is 0 Å². The predicted octanol–water partition coefficient (Wildman–Crippen LogP) is 2.57. The van der Waals surface area contributed by atoms with E-state index >= 15 is 0 Å². The van der Waals surface area contributed by atoms with E-state index in [2.05, 4.69) is 43.0 Å². The van der Waals surface area contributed by atoms with E-state index in [1.165, 1.54) is 24.1 Å². The van der Waals surface area contributed by atoms with Crippen LogP contribution in [0.1, 0.15) is 32.3 Å². The highest BCUT2D eigenvalue weighted by molar-refractivity contribution is 5.57. The first-order chi connectivity index (χ1) is 7.65. The van der Waals surface area contributed by atoms with E-state index in [0.29, 0.717) is 0 Å². The second-order valence-electron chi connectivity index (χ2n) is 5.24. The fourth-order valence-corrected chi connectivity index (χ4v) is 2.65. The standard InChI is InChI=1S/C14H22N2/c1-14(2,9-10-15)16-11-5-7-12-6-3-4-8-13(12)16/h3-4,6,8H,5,7,9-11,15H2,1-2H3. The van der Waals surface area contributed by atoms with Crippen LogP contribution in [0.4, 0.5) is 5.69 Å². The molecule has 16 heavy (non-hydrogen) atoms. The van der Waals surface area contributed by atoms with Gasteiger partial charge in [0.05, 0.1) is 0 Å². The third-order valence-corrected chi connectivity index (χ3v) is 3.60. The van der Waals surface area contributed by atoms with Gasteiger partial charge in [0.1, 0.15) is 0 Å². The molecule has 1 heterocycles. The van der Waals surface area contributed by atoms with Crippen molar-refractivity contribution < 1.29 is 0 Å². The molecule has 0 aromatic heterocycles.